The van der Waals surface area contributed by atoms with Crippen LogP contribution in [0.4, 0.5) is 5.69 Å². The largest absolute Gasteiger partial charge is 1.00 e. The molecule has 0 aliphatic carbocycles. The Balaban J connectivity index is 0.00000192. The zero-order valence-corrected chi connectivity index (χ0v) is 16.9. The average molecular weight is 377 g/mol. The Kier molecular flexibility index (Phi) is 5.91. The Morgan fingerprint density at radius 1 is 1.09 bits per heavy atom. The number of primary sulfonamides is 1. The normalized spacial score (nSPS) is 16.6. The zero-order chi connectivity index (χ0) is 15.9. The minimum absolute atomic E-state index is 0. The van der Waals surface area contributed by atoms with Crippen LogP contribution < -0.4 is 67.2 Å². The molecule has 114 valence electrons. The van der Waals surface area contributed by atoms with Gasteiger partial charge in [-0.1, -0.05) is 41.9 Å². The van der Waals surface area contributed by atoms with E-state index >= 15 is 0 Å². The molecule has 1 heterocycles. The number of benzene rings is 2. The van der Waals surface area contributed by atoms with Crippen LogP contribution in [0.25, 0.3) is 0 Å². The number of amides is 1. The molecule has 0 bridgehead atoms. The maximum atomic E-state index is 12.2. The van der Waals surface area contributed by atoms with Gasteiger partial charge in [0.2, 0.25) is 10.0 Å². The van der Waals surface area contributed by atoms with Crippen LogP contribution in [0.3, 0.4) is 0 Å². The smallest absolute Gasteiger partial charge is 0.361 e. The molecule has 0 fully saturated rings. The van der Waals surface area contributed by atoms with Gasteiger partial charge in [0.15, 0.2) is 0 Å². The third kappa shape index (κ3) is 3.97. The summed E-state index contributed by atoms with van der Waals surface area (Å²) in [5, 5.41) is 10.9. The molecule has 0 radical (unpaired) electrons. The molecule has 1 atom stereocenters. The first-order valence-corrected chi connectivity index (χ1v) is 8.27. The Morgan fingerprint density at radius 3 is 2.35 bits per heavy atom. The number of rotatable bonds is 2. The van der Waals surface area contributed by atoms with E-state index in [0.29, 0.717) is 5.69 Å². The van der Waals surface area contributed by atoms with Crippen LogP contribution in [0.2, 0.25) is 5.02 Å². The molecule has 0 saturated carbocycles. The average Bonchev–Trinajstić information content (AvgIpc) is 2.46. The number of hydrogen-bond acceptors (Lipinski definition) is 4. The number of nitrogens with one attached hydrogen (secondary N) is 2. The number of fused-ring (bicyclic) bond motifs is 1. The van der Waals surface area contributed by atoms with Gasteiger partial charge in [-0.05, 0) is 17.7 Å². The van der Waals surface area contributed by atoms with E-state index in [1.54, 1.807) is 0 Å². The monoisotopic (exact) mass is 376 g/mol. The van der Waals surface area contributed by atoms with Gasteiger partial charge in [-0.25, -0.2) is 13.6 Å². The fourth-order valence-corrected chi connectivity index (χ4v) is 3.39. The molecule has 23 heavy (non-hydrogen) atoms. The number of hydrogen-bond donors (Lipinski definition) is 3. The minimum atomic E-state index is -4.00. The van der Waals surface area contributed by atoms with Gasteiger partial charge in [-0.2, -0.15) is 0 Å². The second-order valence-electron chi connectivity index (χ2n) is 4.83. The number of nitrogens with two attached hydrogens (primary N) is 1. The number of anilines is 1. The van der Waals surface area contributed by atoms with Crippen LogP contribution in [0, 0.1) is 0 Å². The topological polar surface area (TPSA) is 101 Å². The molecule has 1 aliphatic heterocycles. The van der Waals surface area contributed by atoms with E-state index in [9.17, 15) is 13.2 Å². The van der Waals surface area contributed by atoms with Crippen molar-refractivity contribution >= 4 is 33.2 Å². The maximum Gasteiger partial charge on any atom is 1.00 e. The SMILES string of the molecule is NS(=O)(=O)c1cc2c(cc1Cl)NC(c1ccccc1)NC2=O.[K+]. The van der Waals surface area contributed by atoms with Crippen molar-refractivity contribution in [3.8, 4) is 0 Å². The van der Waals surface area contributed by atoms with Crippen LogP contribution in [0.1, 0.15) is 22.1 Å². The standard InChI is InChI=1S/C14H12ClN3O3S.K/c15-10-7-11-9(6-12(10)22(16,20)21)14(19)18-13(17-11)8-4-2-1-3-5-8;/h1-7,13,17H,(H,18,19)(H2,16,20,21);/q;+1. The molecule has 4 N–H and O–H groups in total. The third-order valence-electron chi connectivity index (χ3n) is 3.33. The zero-order valence-electron chi connectivity index (χ0n) is 12.2. The van der Waals surface area contributed by atoms with Crippen LogP contribution in [-0.4, -0.2) is 14.3 Å². The molecule has 6 nitrogen and oxygen atoms in total. The van der Waals surface area contributed by atoms with Crippen molar-refractivity contribution in [1.82, 2.24) is 5.32 Å². The Hall–Kier alpha value is -0.454. The quantitative estimate of drug-likeness (QED) is 0.576. The van der Waals surface area contributed by atoms with Crippen molar-refractivity contribution < 1.29 is 64.6 Å². The molecule has 3 rings (SSSR count). The van der Waals surface area contributed by atoms with Crippen molar-refractivity contribution in [1.29, 1.82) is 0 Å². The molecular weight excluding hydrogens is 365 g/mol. The van der Waals surface area contributed by atoms with Crippen molar-refractivity contribution in [3.63, 3.8) is 0 Å². The van der Waals surface area contributed by atoms with Gasteiger partial charge < -0.3 is 10.6 Å². The maximum absolute atomic E-state index is 12.2. The summed E-state index contributed by atoms with van der Waals surface area (Å²) in [7, 11) is -4.00. The molecule has 1 amide bonds. The summed E-state index contributed by atoms with van der Waals surface area (Å²) in [5.41, 5.74) is 1.50. The third-order valence-corrected chi connectivity index (χ3v) is 4.71. The van der Waals surface area contributed by atoms with Gasteiger partial charge in [0.05, 0.1) is 16.3 Å². The first-order chi connectivity index (χ1) is 10.4. The van der Waals surface area contributed by atoms with E-state index in [1.807, 2.05) is 30.3 Å². The van der Waals surface area contributed by atoms with E-state index in [1.165, 1.54) is 12.1 Å². The number of halogens is 1. The first kappa shape index (κ1) is 18.9. The molecule has 2 aromatic rings. The predicted molar refractivity (Wildman–Crippen MR) is 83.1 cm³/mol. The summed E-state index contributed by atoms with van der Waals surface area (Å²) >= 11 is 5.96. The molecular formula is C14H12ClKN3O3S+. The molecule has 0 spiro atoms. The van der Waals surface area contributed by atoms with Gasteiger partial charge in [0.25, 0.3) is 5.91 Å². The van der Waals surface area contributed by atoms with Crippen LogP contribution in [-0.2, 0) is 10.0 Å². The number of sulfonamides is 1. The Labute approximate surface area is 181 Å². The van der Waals surface area contributed by atoms with Gasteiger partial charge in [-0.3, -0.25) is 4.79 Å². The van der Waals surface area contributed by atoms with E-state index in [2.05, 4.69) is 10.6 Å². The predicted octanol–water partition coefficient (Wildman–Crippen LogP) is -1.15. The van der Waals surface area contributed by atoms with Crippen molar-refractivity contribution in [3.05, 3.63) is 58.6 Å². The summed E-state index contributed by atoms with van der Waals surface area (Å²) in [6.45, 7) is 0. The summed E-state index contributed by atoms with van der Waals surface area (Å²) in [5.74, 6) is -0.399. The molecule has 0 saturated heterocycles. The van der Waals surface area contributed by atoms with E-state index in [0.717, 1.165) is 5.56 Å². The van der Waals surface area contributed by atoms with Crippen LogP contribution in [0.5, 0.6) is 0 Å². The molecule has 0 aromatic heterocycles. The minimum Gasteiger partial charge on any atom is -0.361 e. The fraction of sp³-hybridized carbons (Fsp3) is 0.0714. The van der Waals surface area contributed by atoms with Gasteiger partial charge >= 0.3 is 51.4 Å². The fourth-order valence-electron chi connectivity index (χ4n) is 2.29. The van der Waals surface area contributed by atoms with Gasteiger partial charge in [0, 0.05) is 0 Å². The summed E-state index contributed by atoms with van der Waals surface area (Å²) in [4.78, 5) is 12.0. The van der Waals surface area contributed by atoms with Crippen molar-refractivity contribution in [2.24, 2.45) is 5.14 Å². The Morgan fingerprint density at radius 2 is 1.74 bits per heavy atom. The van der Waals surface area contributed by atoms with Crippen LogP contribution >= 0.6 is 11.6 Å². The molecule has 1 unspecified atom stereocenters. The first-order valence-electron chi connectivity index (χ1n) is 6.35. The van der Waals surface area contributed by atoms with Crippen LogP contribution in [0.15, 0.2) is 47.4 Å². The second kappa shape index (κ2) is 7.20. The Bertz CT molecular complexity index is 859. The number of carbonyl (C=O) groups is 1. The number of carbonyl (C=O) groups excluding carboxylic acids is 1. The molecule has 1 aliphatic rings. The van der Waals surface area contributed by atoms with Gasteiger partial charge in [-0.15, -0.1) is 0 Å². The van der Waals surface area contributed by atoms with Gasteiger partial charge in [0.1, 0.15) is 11.1 Å². The second-order valence-corrected chi connectivity index (χ2v) is 6.77. The summed E-state index contributed by atoms with van der Waals surface area (Å²) < 4.78 is 22.9. The van der Waals surface area contributed by atoms with E-state index in [4.69, 9.17) is 16.7 Å². The molecule has 2 aromatic carbocycles. The molecule has 9 heteroatoms. The van der Waals surface area contributed by atoms with Crippen molar-refractivity contribution in [2.75, 3.05) is 5.32 Å². The van der Waals surface area contributed by atoms with Crippen molar-refractivity contribution in [2.45, 2.75) is 11.1 Å². The van der Waals surface area contributed by atoms with E-state index in [-0.39, 0.29) is 66.9 Å². The van der Waals surface area contributed by atoms with E-state index < -0.39 is 22.1 Å². The summed E-state index contributed by atoms with van der Waals surface area (Å²) in [6.07, 6.45) is -0.419. The summed E-state index contributed by atoms with van der Waals surface area (Å²) in [6, 6.07) is 11.9.